The van der Waals surface area contributed by atoms with Gasteiger partial charge < -0.3 is 5.32 Å². The first kappa shape index (κ1) is 13.7. The number of anilines is 1. The zero-order valence-electron chi connectivity index (χ0n) is 11.1. The van der Waals surface area contributed by atoms with Gasteiger partial charge in [0, 0.05) is 11.1 Å². The summed E-state index contributed by atoms with van der Waals surface area (Å²) in [7, 11) is 0. The van der Waals surface area contributed by atoms with Crippen LogP contribution in [0.2, 0.25) is 5.02 Å². The summed E-state index contributed by atoms with van der Waals surface area (Å²) < 4.78 is 13.7. The summed E-state index contributed by atoms with van der Waals surface area (Å²) in [6.07, 6.45) is 5.84. The molecule has 1 N–H and O–H groups in total. The highest BCUT2D eigenvalue weighted by molar-refractivity contribution is 6.30. The molecule has 0 bridgehead atoms. The third-order valence-electron chi connectivity index (χ3n) is 3.86. The minimum Gasteiger partial charge on any atom is -0.380 e. The Bertz CT molecular complexity index is 417. The van der Waals surface area contributed by atoms with Gasteiger partial charge in [-0.1, -0.05) is 31.9 Å². The zero-order valence-corrected chi connectivity index (χ0v) is 11.9. The summed E-state index contributed by atoms with van der Waals surface area (Å²) in [5, 5.41) is 3.89. The van der Waals surface area contributed by atoms with Crippen LogP contribution in [0.3, 0.4) is 0 Å². The Kier molecular flexibility index (Phi) is 4.16. The lowest BCUT2D eigenvalue weighted by Crippen LogP contribution is -2.19. The molecule has 3 heteroatoms. The second kappa shape index (κ2) is 5.48. The van der Waals surface area contributed by atoms with Crippen LogP contribution in [0.4, 0.5) is 10.1 Å². The average Bonchev–Trinajstić information content (AvgIpc) is 2.46. The molecule has 1 unspecified atom stereocenters. The van der Waals surface area contributed by atoms with E-state index in [1.807, 2.05) is 0 Å². The summed E-state index contributed by atoms with van der Waals surface area (Å²) in [5.74, 6) is -0.220. The van der Waals surface area contributed by atoms with Crippen LogP contribution in [0.15, 0.2) is 18.2 Å². The normalized spacial score (nSPS) is 23.4. The Hall–Kier alpha value is -0.760. The molecule has 1 atom stereocenters. The molecule has 0 aliphatic heterocycles. The van der Waals surface area contributed by atoms with Crippen molar-refractivity contribution in [2.24, 2.45) is 5.41 Å². The Morgan fingerprint density at radius 1 is 1.28 bits per heavy atom. The summed E-state index contributed by atoms with van der Waals surface area (Å²) >= 11 is 5.91. The monoisotopic (exact) mass is 269 g/mol. The van der Waals surface area contributed by atoms with E-state index in [1.165, 1.54) is 25.3 Å². The Balaban J connectivity index is 2.03. The molecule has 1 aromatic carbocycles. The molecule has 2 rings (SSSR count). The van der Waals surface area contributed by atoms with Crippen molar-refractivity contribution in [2.75, 3.05) is 5.32 Å². The highest BCUT2D eigenvalue weighted by Crippen LogP contribution is 2.35. The van der Waals surface area contributed by atoms with Gasteiger partial charge in [-0.3, -0.25) is 0 Å². The van der Waals surface area contributed by atoms with Crippen LogP contribution in [-0.4, -0.2) is 6.04 Å². The lowest BCUT2D eigenvalue weighted by molar-refractivity contribution is 0.313. The summed E-state index contributed by atoms with van der Waals surface area (Å²) in [6.45, 7) is 4.63. The number of hydrogen-bond acceptors (Lipinski definition) is 1. The molecule has 18 heavy (non-hydrogen) atoms. The molecule has 1 nitrogen and oxygen atoms in total. The SMILES string of the molecule is CC1(C)CCCC(Nc2cc(Cl)ccc2F)CC1. The molecule has 0 spiro atoms. The van der Waals surface area contributed by atoms with Crippen molar-refractivity contribution in [3.05, 3.63) is 29.0 Å². The van der Waals surface area contributed by atoms with E-state index < -0.39 is 0 Å². The van der Waals surface area contributed by atoms with E-state index in [2.05, 4.69) is 19.2 Å². The molecule has 1 aliphatic carbocycles. The van der Waals surface area contributed by atoms with Gasteiger partial charge in [0.2, 0.25) is 0 Å². The predicted octanol–water partition coefficient (Wildman–Crippen LogP) is 5.25. The Morgan fingerprint density at radius 3 is 2.83 bits per heavy atom. The lowest BCUT2D eigenvalue weighted by Gasteiger charge is -2.22. The lowest BCUT2D eigenvalue weighted by atomic mass is 9.85. The third kappa shape index (κ3) is 3.61. The van der Waals surface area contributed by atoms with Gasteiger partial charge in [0.15, 0.2) is 0 Å². The van der Waals surface area contributed by atoms with Crippen LogP contribution in [0.5, 0.6) is 0 Å². The Morgan fingerprint density at radius 2 is 2.06 bits per heavy atom. The molecule has 1 saturated carbocycles. The number of halogens is 2. The fourth-order valence-electron chi connectivity index (χ4n) is 2.63. The molecule has 0 heterocycles. The van der Waals surface area contributed by atoms with Crippen LogP contribution < -0.4 is 5.32 Å². The number of hydrogen-bond donors (Lipinski definition) is 1. The van der Waals surface area contributed by atoms with Crippen LogP contribution >= 0.6 is 11.6 Å². The van der Waals surface area contributed by atoms with Gasteiger partial charge in [0.25, 0.3) is 0 Å². The van der Waals surface area contributed by atoms with Crippen molar-refractivity contribution in [3.63, 3.8) is 0 Å². The summed E-state index contributed by atoms with van der Waals surface area (Å²) in [5.41, 5.74) is 0.954. The van der Waals surface area contributed by atoms with Crippen molar-refractivity contribution in [1.82, 2.24) is 0 Å². The van der Waals surface area contributed by atoms with Gasteiger partial charge in [-0.05, 0) is 49.3 Å². The van der Waals surface area contributed by atoms with Crippen molar-refractivity contribution < 1.29 is 4.39 Å². The third-order valence-corrected chi connectivity index (χ3v) is 4.10. The molecule has 1 fully saturated rings. The first-order valence-electron chi connectivity index (χ1n) is 6.68. The van der Waals surface area contributed by atoms with E-state index in [-0.39, 0.29) is 5.82 Å². The molecule has 0 aromatic heterocycles. The summed E-state index contributed by atoms with van der Waals surface area (Å²) in [6, 6.07) is 5.04. The smallest absolute Gasteiger partial charge is 0.146 e. The minimum atomic E-state index is -0.220. The van der Waals surface area contributed by atoms with Gasteiger partial charge in [-0.2, -0.15) is 0 Å². The van der Waals surface area contributed by atoms with E-state index in [0.717, 1.165) is 12.8 Å². The molecule has 0 saturated heterocycles. The van der Waals surface area contributed by atoms with E-state index in [0.29, 0.717) is 22.2 Å². The van der Waals surface area contributed by atoms with Gasteiger partial charge in [-0.25, -0.2) is 4.39 Å². The van der Waals surface area contributed by atoms with Crippen molar-refractivity contribution in [2.45, 2.75) is 52.0 Å². The molecule has 1 aliphatic rings. The maximum atomic E-state index is 13.7. The minimum absolute atomic E-state index is 0.220. The first-order chi connectivity index (χ1) is 8.46. The maximum absolute atomic E-state index is 13.7. The van der Waals surface area contributed by atoms with E-state index in [4.69, 9.17) is 11.6 Å². The molecule has 0 amide bonds. The van der Waals surface area contributed by atoms with Gasteiger partial charge >= 0.3 is 0 Å². The van der Waals surface area contributed by atoms with Crippen molar-refractivity contribution in [3.8, 4) is 0 Å². The van der Waals surface area contributed by atoms with Gasteiger partial charge in [-0.15, -0.1) is 0 Å². The van der Waals surface area contributed by atoms with Crippen LogP contribution in [0.25, 0.3) is 0 Å². The number of rotatable bonds is 2. The van der Waals surface area contributed by atoms with Crippen LogP contribution in [0, 0.1) is 11.2 Å². The fourth-order valence-corrected chi connectivity index (χ4v) is 2.81. The zero-order chi connectivity index (χ0) is 13.2. The van der Waals surface area contributed by atoms with Gasteiger partial charge in [0.1, 0.15) is 5.82 Å². The van der Waals surface area contributed by atoms with Crippen LogP contribution in [-0.2, 0) is 0 Å². The quantitative estimate of drug-likeness (QED) is 0.723. The predicted molar refractivity (Wildman–Crippen MR) is 75.7 cm³/mol. The van der Waals surface area contributed by atoms with Crippen molar-refractivity contribution in [1.29, 1.82) is 0 Å². The fraction of sp³-hybridized carbons (Fsp3) is 0.600. The van der Waals surface area contributed by atoms with Crippen molar-refractivity contribution >= 4 is 17.3 Å². The highest BCUT2D eigenvalue weighted by Gasteiger charge is 2.24. The molecular weight excluding hydrogens is 249 g/mol. The largest absolute Gasteiger partial charge is 0.380 e. The topological polar surface area (TPSA) is 12.0 Å². The molecular formula is C15H21ClFN. The maximum Gasteiger partial charge on any atom is 0.146 e. The van der Waals surface area contributed by atoms with Crippen LogP contribution in [0.1, 0.15) is 46.0 Å². The highest BCUT2D eigenvalue weighted by atomic mass is 35.5. The van der Waals surface area contributed by atoms with E-state index in [1.54, 1.807) is 12.1 Å². The number of nitrogens with one attached hydrogen (secondary N) is 1. The molecule has 100 valence electrons. The van der Waals surface area contributed by atoms with E-state index in [9.17, 15) is 4.39 Å². The Labute approximate surface area is 114 Å². The summed E-state index contributed by atoms with van der Waals surface area (Å²) in [4.78, 5) is 0. The number of benzene rings is 1. The van der Waals surface area contributed by atoms with E-state index >= 15 is 0 Å². The molecule has 1 aromatic rings. The standard InChI is InChI=1S/C15H21ClFN/c1-15(2)8-3-4-12(7-9-15)18-14-10-11(16)5-6-13(14)17/h5-6,10,12,18H,3-4,7-9H2,1-2H3. The van der Waals surface area contributed by atoms with Gasteiger partial charge in [0.05, 0.1) is 5.69 Å². The average molecular weight is 270 g/mol. The second-order valence-corrected chi connectivity index (χ2v) is 6.50. The first-order valence-corrected chi connectivity index (χ1v) is 7.06. The second-order valence-electron chi connectivity index (χ2n) is 6.06. The molecule has 0 radical (unpaired) electrons.